The fourth-order valence-corrected chi connectivity index (χ4v) is 2.60. The van der Waals surface area contributed by atoms with Crippen molar-refractivity contribution < 1.29 is 23.9 Å². The fourth-order valence-electron chi connectivity index (χ4n) is 2.60. The van der Waals surface area contributed by atoms with Crippen molar-refractivity contribution in [3.63, 3.8) is 0 Å². The Balaban J connectivity index is 2.86. The van der Waals surface area contributed by atoms with Crippen molar-refractivity contribution in [2.24, 2.45) is 5.92 Å². The van der Waals surface area contributed by atoms with E-state index in [-0.39, 0.29) is 30.5 Å². The first-order chi connectivity index (χ1) is 12.1. The highest BCUT2D eigenvalue weighted by atomic mass is 16.6. The van der Waals surface area contributed by atoms with E-state index in [1.54, 1.807) is 26.8 Å². The number of benzene rings is 1. The Hall–Kier alpha value is -2.43. The summed E-state index contributed by atoms with van der Waals surface area (Å²) < 4.78 is 9.83. The van der Waals surface area contributed by atoms with E-state index < -0.39 is 17.5 Å². The molecular formula is C21H28O5. The molecule has 0 aromatic heterocycles. The van der Waals surface area contributed by atoms with Gasteiger partial charge in [-0.15, -0.1) is 0 Å². The highest BCUT2D eigenvalue weighted by molar-refractivity contribution is 5.96. The van der Waals surface area contributed by atoms with Crippen LogP contribution in [0.15, 0.2) is 42.5 Å². The number of hydrogen-bond donors (Lipinski definition) is 0. The maximum absolute atomic E-state index is 12.4. The summed E-state index contributed by atoms with van der Waals surface area (Å²) in [6.45, 7) is 7.23. The number of Topliss-reactive ketones (excluding diaryl/α,β-unsaturated/α-hetero) is 1. The van der Waals surface area contributed by atoms with Crippen LogP contribution in [0.4, 0.5) is 0 Å². The van der Waals surface area contributed by atoms with Crippen LogP contribution in [0.2, 0.25) is 0 Å². The van der Waals surface area contributed by atoms with Gasteiger partial charge in [0, 0.05) is 12.5 Å². The van der Waals surface area contributed by atoms with Gasteiger partial charge in [-0.05, 0) is 38.2 Å². The maximum Gasteiger partial charge on any atom is 0.330 e. The van der Waals surface area contributed by atoms with Crippen molar-refractivity contribution in [3.8, 4) is 0 Å². The number of esters is 2. The second kappa shape index (κ2) is 9.90. The van der Waals surface area contributed by atoms with Crippen LogP contribution in [-0.4, -0.2) is 30.4 Å². The first-order valence-corrected chi connectivity index (χ1v) is 8.67. The molecule has 2 atom stereocenters. The highest BCUT2D eigenvalue weighted by Crippen LogP contribution is 2.30. The van der Waals surface area contributed by atoms with Crippen molar-refractivity contribution in [3.05, 3.63) is 48.0 Å². The number of rotatable bonds is 8. The lowest BCUT2D eigenvalue weighted by Gasteiger charge is -2.22. The first-order valence-electron chi connectivity index (χ1n) is 8.67. The van der Waals surface area contributed by atoms with Gasteiger partial charge in [-0.2, -0.15) is 0 Å². The van der Waals surface area contributed by atoms with E-state index >= 15 is 0 Å². The molecule has 0 heterocycles. The lowest BCUT2D eigenvalue weighted by Crippen LogP contribution is -2.26. The molecule has 0 radical (unpaired) electrons. The quantitative estimate of drug-likeness (QED) is 0.400. The zero-order chi connectivity index (χ0) is 19.7. The first kappa shape index (κ1) is 21.6. The standard InChI is InChI=1S/C21H28O5/c1-15(11-12-19(23)25-5)18(16-9-7-6-8-10-16)13-17(22)14-20(24)26-21(2,3)4/h6-12,15,18H,13-14H2,1-5H3/b12-11-/t15-,18+/m0/s1. The molecule has 0 bridgehead atoms. The molecule has 0 saturated carbocycles. The van der Waals surface area contributed by atoms with Gasteiger partial charge in [0.2, 0.25) is 0 Å². The van der Waals surface area contributed by atoms with Gasteiger partial charge in [0.25, 0.3) is 0 Å². The van der Waals surface area contributed by atoms with Crippen LogP contribution < -0.4 is 0 Å². The van der Waals surface area contributed by atoms with Crippen LogP contribution in [0, 0.1) is 5.92 Å². The van der Waals surface area contributed by atoms with E-state index in [1.165, 1.54) is 13.2 Å². The second-order valence-corrected chi connectivity index (χ2v) is 7.26. The number of allylic oxidation sites excluding steroid dienone is 1. The third kappa shape index (κ3) is 8.10. The Kier molecular flexibility index (Phi) is 8.23. The normalized spacial score (nSPS) is 13.9. The molecule has 1 aromatic carbocycles. The Labute approximate surface area is 155 Å². The zero-order valence-electron chi connectivity index (χ0n) is 16.2. The Morgan fingerprint density at radius 1 is 1.12 bits per heavy atom. The van der Waals surface area contributed by atoms with Gasteiger partial charge in [0.15, 0.2) is 0 Å². The minimum atomic E-state index is -0.618. The summed E-state index contributed by atoms with van der Waals surface area (Å²) in [6.07, 6.45) is 3.02. The minimum Gasteiger partial charge on any atom is -0.466 e. The van der Waals surface area contributed by atoms with Crippen LogP contribution >= 0.6 is 0 Å². The zero-order valence-corrected chi connectivity index (χ0v) is 16.2. The lowest BCUT2D eigenvalue weighted by molar-refractivity contribution is -0.156. The number of carbonyl (C=O) groups excluding carboxylic acids is 3. The van der Waals surface area contributed by atoms with Crippen LogP contribution in [0.5, 0.6) is 0 Å². The van der Waals surface area contributed by atoms with Crippen LogP contribution in [0.25, 0.3) is 0 Å². The molecule has 5 nitrogen and oxygen atoms in total. The van der Waals surface area contributed by atoms with Crippen LogP contribution in [-0.2, 0) is 23.9 Å². The van der Waals surface area contributed by atoms with Gasteiger partial charge in [0.1, 0.15) is 17.8 Å². The predicted molar refractivity (Wildman–Crippen MR) is 99.6 cm³/mol. The SMILES string of the molecule is COC(=O)/C=C\[C@H](C)[C@@H](CC(=O)CC(=O)OC(C)(C)C)c1ccccc1. The van der Waals surface area contributed by atoms with Gasteiger partial charge in [-0.25, -0.2) is 4.79 Å². The summed E-state index contributed by atoms with van der Waals surface area (Å²) in [5.41, 5.74) is 0.360. The monoisotopic (exact) mass is 360 g/mol. The van der Waals surface area contributed by atoms with E-state index in [0.717, 1.165) is 5.56 Å². The molecule has 0 unspecified atom stereocenters. The summed E-state index contributed by atoms with van der Waals surface area (Å²) in [7, 11) is 1.32. The summed E-state index contributed by atoms with van der Waals surface area (Å²) in [6, 6.07) is 9.58. The molecule has 0 amide bonds. The van der Waals surface area contributed by atoms with Crippen molar-refractivity contribution in [2.45, 2.75) is 52.1 Å². The summed E-state index contributed by atoms with van der Waals surface area (Å²) in [4.78, 5) is 35.6. The van der Waals surface area contributed by atoms with E-state index in [0.29, 0.717) is 0 Å². The number of hydrogen-bond acceptors (Lipinski definition) is 5. The molecule has 0 aliphatic carbocycles. The molecule has 0 saturated heterocycles. The summed E-state index contributed by atoms with van der Waals surface area (Å²) >= 11 is 0. The second-order valence-electron chi connectivity index (χ2n) is 7.26. The smallest absolute Gasteiger partial charge is 0.330 e. The highest BCUT2D eigenvalue weighted by Gasteiger charge is 2.24. The van der Waals surface area contributed by atoms with Gasteiger partial charge in [0.05, 0.1) is 7.11 Å². The molecule has 0 aliphatic rings. The molecule has 1 aromatic rings. The Bertz CT molecular complexity index is 640. The topological polar surface area (TPSA) is 69.7 Å². The fraction of sp³-hybridized carbons (Fsp3) is 0.476. The van der Waals surface area contributed by atoms with Crippen LogP contribution in [0.3, 0.4) is 0 Å². The molecule has 0 N–H and O–H groups in total. The number of carbonyl (C=O) groups is 3. The largest absolute Gasteiger partial charge is 0.466 e. The molecule has 142 valence electrons. The summed E-state index contributed by atoms with van der Waals surface area (Å²) in [5.74, 6) is -1.38. The average Bonchev–Trinajstić information content (AvgIpc) is 2.56. The van der Waals surface area contributed by atoms with Gasteiger partial charge < -0.3 is 9.47 Å². The molecule has 0 spiro atoms. The van der Waals surface area contributed by atoms with Crippen molar-refractivity contribution in [1.82, 2.24) is 0 Å². The lowest BCUT2D eigenvalue weighted by atomic mass is 9.82. The number of methoxy groups -OCH3 is 1. The molecule has 26 heavy (non-hydrogen) atoms. The maximum atomic E-state index is 12.4. The van der Waals surface area contributed by atoms with Gasteiger partial charge in [-0.1, -0.05) is 43.3 Å². The average molecular weight is 360 g/mol. The third-order valence-electron chi connectivity index (χ3n) is 3.81. The predicted octanol–water partition coefficient (Wildman–Crippen LogP) is 3.83. The Morgan fingerprint density at radius 3 is 2.27 bits per heavy atom. The van der Waals surface area contributed by atoms with Crippen molar-refractivity contribution in [2.75, 3.05) is 7.11 Å². The minimum absolute atomic E-state index is 0.0842. The van der Waals surface area contributed by atoms with Gasteiger partial charge >= 0.3 is 11.9 Å². The summed E-state index contributed by atoms with van der Waals surface area (Å²) in [5, 5.41) is 0. The Morgan fingerprint density at radius 2 is 1.73 bits per heavy atom. The van der Waals surface area contributed by atoms with E-state index in [2.05, 4.69) is 4.74 Å². The molecule has 5 heteroatoms. The van der Waals surface area contributed by atoms with Crippen molar-refractivity contribution in [1.29, 1.82) is 0 Å². The third-order valence-corrected chi connectivity index (χ3v) is 3.81. The molecule has 0 fully saturated rings. The molecule has 1 rings (SSSR count). The number of ketones is 1. The van der Waals surface area contributed by atoms with E-state index in [1.807, 2.05) is 37.3 Å². The number of ether oxygens (including phenoxy) is 2. The van der Waals surface area contributed by atoms with Crippen molar-refractivity contribution >= 4 is 17.7 Å². The van der Waals surface area contributed by atoms with Gasteiger partial charge in [-0.3, -0.25) is 9.59 Å². The van der Waals surface area contributed by atoms with E-state index in [4.69, 9.17) is 4.74 Å². The molecule has 0 aliphatic heterocycles. The van der Waals surface area contributed by atoms with Crippen LogP contribution in [0.1, 0.15) is 52.0 Å². The molecular weight excluding hydrogens is 332 g/mol. The van der Waals surface area contributed by atoms with E-state index in [9.17, 15) is 14.4 Å².